The molecular formula is C26H51N2+. The van der Waals surface area contributed by atoms with Crippen LogP contribution in [0.15, 0.2) is 12.4 Å². The molecule has 0 aliphatic heterocycles. The van der Waals surface area contributed by atoms with Crippen LogP contribution in [0.4, 0.5) is 0 Å². The van der Waals surface area contributed by atoms with Gasteiger partial charge in [-0.2, -0.15) is 0 Å². The van der Waals surface area contributed by atoms with Crippen molar-refractivity contribution in [1.82, 2.24) is 4.57 Å². The van der Waals surface area contributed by atoms with Gasteiger partial charge >= 0.3 is 0 Å². The molecule has 0 atom stereocenters. The Morgan fingerprint density at radius 2 is 1.14 bits per heavy atom. The van der Waals surface area contributed by atoms with Crippen LogP contribution in [-0.2, 0) is 13.0 Å². The molecule has 0 radical (unpaired) electrons. The highest BCUT2D eigenvalue weighted by molar-refractivity contribution is 4.86. The maximum Gasteiger partial charge on any atom is 0.256 e. The van der Waals surface area contributed by atoms with Gasteiger partial charge in [-0.15, -0.1) is 0 Å². The van der Waals surface area contributed by atoms with Gasteiger partial charge in [-0.05, 0) is 33.1 Å². The van der Waals surface area contributed by atoms with Crippen LogP contribution in [0.1, 0.15) is 142 Å². The van der Waals surface area contributed by atoms with Crippen molar-refractivity contribution in [3.8, 4) is 0 Å². The van der Waals surface area contributed by atoms with E-state index < -0.39 is 0 Å². The molecule has 0 spiro atoms. The summed E-state index contributed by atoms with van der Waals surface area (Å²) < 4.78 is 5.04. The highest BCUT2D eigenvalue weighted by Crippen LogP contribution is 2.13. The van der Waals surface area contributed by atoms with Gasteiger partial charge in [-0.3, -0.25) is 0 Å². The predicted octanol–water partition coefficient (Wildman–Crippen LogP) is 8.18. The van der Waals surface area contributed by atoms with Gasteiger partial charge in [0.25, 0.3) is 5.82 Å². The van der Waals surface area contributed by atoms with E-state index in [1.165, 1.54) is 116 Å². The average molecular weight is 392 g/mol. The molecule has 1 rings (SSSR count). The summed E-state index contributed by atoms with van der Waals surface area (Å²) in [5.74, 6) is 1.55. The first-order chi connectivity index (χ1) is 13.7. The normalized spacial score (nSPS) is 11.6. The first kappa shape index (κ1) is 25.2. The largest absolute Gasteiger partial charge is 0.256 e. The molecule has 2 heteroatoms. The lowest BCUT2D eigenvalue weighted by atomic mass is 10.1. The van der Waals surface area contributed by atoms with E-state index in [1.54, 1.807) is 5.82 Å². The molecule has 0 unspecified atom stereocenters. The summed E-state index contributed by atoms with van der Waals surface area (Å²) >= 11 is 0. The van der Waals surface area contributed by atoms with Crippen LogP contribution in [0.5, 0.6) is 0 Å². The summed E-state index contributed by atoms with van der Waals surface area (Å²) in [6, 6.07) is 0.574. The Hall–Kier alpha value is -0.790. The molecule has 0 fully saturated rings. The number of imidazole rings is 1. The van der Waals surface area contributed by atoms with Crippen LogP contribution < -0.4 is 4.57 Å². The van der Waals surface area contributed by atoms with E-state index in [1.807, 2.05) is 0 Å². The molecule has 0 aromatic carbocycles. The SMILES string of the molecule is CCCCCCCCCCCCCC[n+]1ccn(C(C)C)c1CCCCCC. The van der Waals surface area contributed by atoms with Crippen LogP contribution in [0.3, 0.4) is 0 Å². The zero-order valence-electron chi connectivity index (χ0n) is 19.9. The fourth-order valence-corrected chi connectivity index (χ4v) is 4.25. The summed E-state index contributed by atoms with van der Waals surface area (Å²) in [7, 11) is 0. The lowest BCUT2D eigenvalue weighted by molar-refractivity contribution is -0.704. The number of nitrogens with zero attached hydrogens (tertiary/aromatic N) is 2. The van der Waals surface area contributed by atoms with Crippen molar-refractivity contribution in [1.29, 1.82) is 0 Å². The number of unbranched alkanes of at least 4 members (excludes halogenated alkanes) is 14. The molecule has 0 aliphatic carbocycles. The van der Waals surface area contributed by atoms with Crippen LogP contribution in [0.2, 0.25) is 0 Å². The van der Waals surface area contributed by atoms with Crippen molar-refractivity contribution in [2.24, 2.45) is 0 Å². The Kier molecular flexibility index (Phi) is 15.4. The van der Waals surface area contributed by atoms with Crippen molar-refractivity contribution < 1.29 is 4.57 Å². The maximum atomic E-state index is 2.54. The van der Waals surface area contributed by atoms with Crippen molar-refractivity contribution in [3.05, 3.63) is 18.2 Å². The third-order valence-corrected chi connectivity index (χ3v) is 6.10. The second kappa shape index (κ2) is 17.1. The van der Waals surface area contributed by atoms with E-state index in [9.17, 15) is 0 Å². The number of hydrogen-bond donors (Lipinski definition) is 0. The molecule has 0 amide bonds. The first-order valence-corrected chi connectivity index (χ1v) is 12.8. The molecule has 28 heavy (non-hydrogen) atoms. The molecule has 164 valence electrons. The molecule has 0 saturated carbocycles. The highest BCUT2D eigenvalue weighted by atomic mass is 15.2. The quantitative estimate of drug-likeness (QED) is 0.166. The fourth-order valence-electron chi connectivity index (χ4n) is 4.25. The van der Waals surface area contributed by atoms with E-state index in [0.717, 1.165) is 0 Å². The molecule has 0 bridgehead atoms. The van der Waals surface area contributed by atoms with Crippen molar-refractivity contribution in [2.45, 2.75) is 149 Å². The maximum absolute atomic E-state index is 2.54. The van der Waals surface area contributed by atoms with Crippen molar-refractivity contribution in [3.63, 3.8) is 0 Å². The van der Waals surface area contributed by atoms with Crippen molar-refractivity contribution in [2.75, 3.05) is 0 Å². The van der Waals surface area contributed by atoms with Gasteiger partial charge in [-0.1, -0.05) is 97.3 Å². The molecule has 1 aromatic rings. The van der Waals surface area contributed by atoms with Gasteiger partial charge in [0.1, 0.15) is 12.4 Å². The topological polar surface area (TPSA) is 8.81 Å². The Labute approximate surface area is 177 Å². The van der Waals surface area contributed by atoms with E-state index in [-0.39, 0.29) is 0 Å². The standard InChI is InChI=1S/C26H51N2/c1-5-7-9-11-12-13-14-15-16-17-18-20-22-27-23-24-28(25(3)4)26(27)21-19-10-8-6-2/h23-25H,5-22H2,1-4H3/q+1. The Morgan fingerprint density at radius 1 is 0.679 bits per heavy atom. The Balaban J connectivity index is 2.15. The summed E-state index contributed by atoms with van der Waals surface area (Å²) in [5, 5.41) is 0. The highest BCUT2D eigenvalue weighted by Gasteiger charge is 2.18. The summed E-state index contributed by atoms with van der Waals surface area (Å²) in [4.78, 5) is 0. The molecule has 0 aliphatic rings. The third-order valence-electron chi connectivity index (χ3n) is 6.10. The molecule has 2 nitrogen and oxygen atoms in total. The predicted molar refractivity (Wildman–Crippen MR) is 124 cm³/mol. The van der Waals surface area contributed by atoms with Gasteiger partial charge in [0.15, 0.2) is 0 Å². The first-order valence-electron chi connectivity index (χ1n) is 12.8. The summed E-state index contributed by atoms with van der Waals surface area (Å²) in [5.41, 5.74) is 0. The monoisotopic (exact) mass is 391 g/mol. The van der Waals surface area contributed by atoms with Gasteiger partial charge < -0.3 is 0 Å². The fraction of sp³-hybridized carbons (Fsp3) is 0.885. The van der Waals surface area contributed by atoms with E-state index >= 15 is 0 Å². The minimum absolute atomic E-state index is 0.574. The van der Waals surface area contributed by atoms with Gasteiger partial charge in [0.05, 0.1) is 12.6 Å². The Bertz CT molecular complexity index is 461. The lowest BCUT2D eigenvalue weighted by Gasteiger charge is -2.08. The second-order valence-electron chi connectivity index (χ2n) is 9.11. The van der Waals surface area contributed by atoms with E-state index in [4.69, 9.17) is 0 Å². The van der Waals surface area contributed by atoms with Gasteiger partial charge in [-0.25, -0.2) is 9.13 Å². The van der Waals surface area contributed by atoms with Crippen LogP contribution in [0.25, 0.3) is 0 Å². The molecule has 1 aromatic heterocycles. The summed E-state index contributed by atoms with van der Waals surface area (Å²) in [6.07, 6.45) is 28.4. The van der Waals surface area contributed by atoms with Crippen molar-refractivity contribution >= 4 is 0 Å². The molecule has 1 heterocycles. The number of rotatable bonds is 19. The van der Waals surface area contributed by atoms with Crippen LogP contribution in [-0.4, -0.2) is 4.57 Å². The van der Waals surface area contributed by atoms with Gasteiger partial charge in [0, 0.05) is 6.42 Å². The average Bonchev–Trinajstić information content (AvgIpc) is 3.09. The van der Waals surface area contributed by atoms with Crippen LogP contribution in [0, 0.1) is 0 Å². The van der Waals surface area contributed by atoms with Gasteiger partial charge in [0.2, 0.25) is 0 Å². The second-order valence-corrected chi connectivity index (χ2v) is 9.11. The van der Waals surface area contributed by atoms with Crippen LogP contribution >= 0.6 is 0 Å². The summed E-state index contributed by atoms with van der Waals surface area (Å²) in [6.45, 7) is 10.4. The van der Waals surface area contributed by atoms with E-state index in [2.05, 4.69) is 49.2 Å². The third kappa shape index (κ3) is 11.3. The lowest BCUT2D eigenvalue weighted by Crippen LogP contribution is -2.37. The molecule has 0 saturated heterocycles. The van der Waals surface area contributed by atoms with E-state index in [0.29, 0.717) is 6.04 Å². The zero-order chi connectivity index (χ0) is 20.5. The smallest absolute Gasteiger partial charge is 0.234 e. The zero-order valence-corrected chi connectivity index (χ0v) is 19.9. The molecular weight excluding hydrogens is 340 g/mol. The Morgan fingerprint density at radius 3 is 1.64 bits per heavy atom. The number of aryl methyl sites for hydroxylation is 1. The molecule has 0 N–H and O–H groups in total. The number of hydrogen-bond acceptors (Lipinski definition) is 0. The number of aromatic nitrogens is 2. The minimum atomic E-state index is 0.574. The minimum Gasteiger partial charge on any atom is -0.234 e.